The number of hydrogen-bond donors (Lipinski definition) is 2. The highest BCUT2D eigenvalue weighted by molar-refractivity contribution is 7.99. The molecular formula is C42H46ClF3N4O5S3. The van der Waals surface area contributed by atoms with Crippen molar-refractivity contribution in [3.8, 4) is 0 Å². The van der Waals surface area contributed by atoms with E-state index in [-0.39, 0.29) is 11.0 Å². The Labute approximate surface area is 348 Å². The van der Waals surface area contributed by atoms with Crippen molar-refractivity contribution in [2.75, 3.05) is 48.7 Å². The maximum absolute atomic E-state index is 13.8. The SMILES string of the molecule is CC(CSc1ccccc1)Nc1ccc(S(=O)(=O)NC(=O)c2ccc(N3CCN(CC4=C(c5ccc(Cl)cc5)CCC(C)(C)C4)CC3)cc2)cc1S(=O)(=O)C(F)(F)F. The second-order valence-corrected chi connectivity index (χ2v) is 20.6. The summed E-state index contributed by atoms with van der Waals surface area (Å²) >= 11 is 7.57. The molecule has 1 amide bonds. The Morgan fingerprint density at radius 2 is 1.55 bits per heavy atom. The molecule has 2 aliphatic rings. The molecular weight excluding hydrogens is 829 g/mol. The smallest absolute Gasteiger partial charge is 0.381 e. The number of thioether (sulfide) groups is 1. The quantitative estimate of drug-likeness (QED) is 0.127. The van der Waals surface area contributed by atoms with E-state index >= 15 is 0 Å². The first-order chi connectivity index (χ1) is 27.3. The third-order valence-electron chi connectivity index (χ3n) is 10.4. The van der Waals surface area contributed by atoms with Crippen molar-refractivity contribution in [3.63, 3.8) is 0 Å². The van der Waals surface area contributed by atoms with E-state index in [1.54, 1.807) is 19.1 Å². The van der Waals surface area contributed by atoms with Gasteiger partial charge in [0.15, 0.2) is 0 Å². The minimum atomic E-state index is -5.99. The second kappa shape index (κ2) is 17.7. The van der Waals surface area contributed by atoms with Crippen LogP contribution in [0.15, 0.2) is 117 Å². The predicted octanol–water partition coefficient (Wildman–Crippen LogP) is 9.13. The Morgan fingerprint density at radius 3 is 2.19 bits per heavy atom. The highest BCUT2D eigenvalue weighted by atomic mass is 35.5. The zero-order chi connectivity index (χ0) is 41.9. The van der Waals surface area contributed by atoms with Crippen LogP contribution in [-0.2, 0) is 19.9 Å². The van der Waals surface area contributed by atoms with Crippen LogP contribution >= 0.6 is 23.4 Å². The van der Waals surface area contributed by atoms with E-state index in [1.807, 2.05) is 47.2 Å². The monoisotopic (exact) mass is 874 g/mol. The van der Waals surface area contributed by atoms with E-state index < -0.39 is 52.8 Å². The lowest BCUT2D eigenvalue weighted by atomic mass is 9.73. The third kappa shape index (κ3) is 10.6. The number of allylic oxidation sites excluding steroid dienone is 1. The standard InChI is InChI=1S/C42H46ClF3N4O5S3/c1-29(28-56-35-7-5-4-6-8-35)47-38-18-17-36(25-39(38)57(52,53)42(44,45)46)58(54,55)48-40(51)31-11-15-34(16-12-31)50-23-21-49(22-24-50)27-32-26-41(2,3)20-19-37(32)30-9-13-33(43)14-10-30/h4-18,25,29,47H,19-24,26-28H2,1-3H3,(H,48,51). The Bertz CT molecular complexity index is 2350. The molecule has 1 aliphatic heterocycles. The van der Waals surface area contributed by atoms with E-state index in [9.17, 15) is 34.8 Å². The number of anilines is 2. The van der Waals surface area contributed by atoms with E-state index in [0.717, 1.165) is 74.7 Å². The Hall–Kier alpha value is -4.02. The summed E-state index contributed by atoms with van der Waals surface area (Å²) in [5.41, 5.74) is -0.996. The fourth-order valence-electron chi connectivity index (χ4n) is 7.24. The number of amides is 1. The van der Waals surface area contributed by atoms with Gasteiger partial charge in [-0.2, -0.15) is 13.2 Å². The minimum Gasteiger partial charge on any atom is -0.381 e. The van der Waals surface area contributed by atoms with Crippen LogP contribution in [0.5, 0.6) is 0 Å². The van der Waals surface area contributed by atoms with Crippen LogP contribution < -0.4 is 14.9 Å². The summed E-state index contributed by atoms with van der Waals surface area (Å²) in [5.74, 6) is -0.657. The lowest BCUT2D eigenvalue weighted by molar-refractivity contribution is -0.0435. The fraction of sp³-hybridized carbons (Fsp3) is 0.357. The van der Waals surface area contributed by atoms with E-state index in [4.69, 9.17) is 11.6 Å². The highest BCUT2D eigenvalue weighted by Gasteiger charge is 2.48. The molecule has 4 aromatic carbocycles. The number of rotatable bonds is 13. The molecule has 0 bridgehead atoms. The van der Waals surface area contributed by atoms with Crippen molar-refractivity contribution in [2.24, 2.45) is 5.41 Å². The highest BCUT2D eigenvalue weighted by Crippen LogP contribution is 2.43. The van der Waals surface area contributed by atoms with Crippen LogP contribution in [0.3, 0.4) is 0 Å². The number of sulfone groups is 1. The van der Waals surface area contributed by atoms with Crippen molar-refractivity contribution in [1.29, 1.82) is 0 Å². The molecule has 1 aliphatic carbocycles. The molecule has 2 N–H and O–H groups in total. The van der Waals surface area contributed by atoms with Crippen molar-refractivity contribution >= 4 is 66.1 Å². The number of nitrogens with one attached hydrogen (secondary N) is 2. The number of sulfonamides is 1. The molecule has 0 saturated carbocycles. The van der Waals surface area contributed by atoms with Crippen LogP contribution in [-0.4, -0.2) is 77.7 Å². The molecule has 310 valence electrons. The third-order valence-corrected chi connectivity index (χ3v) is 14.8. The molecule has 6 rings (SSSR count). The van der Waals surface area contributed by atoms with Gasteiger partial charge in [-0.05, 0) is 109 Å². The molecule has 1 heterocycles. The first-order valence-corrected chi connectivity index (χ1v) is 23.2. The lowest BCUT2D eigenvalue weighted by Crippen LogP contribution is -2.47. The van der Waals surface area contributed by atoms with Gasteiger partial charge in [0.2, 0.25) is 0 Å². The van der Waals surface area contributed by atoms with Gasteiger partial charge in [0.05, 0.1) is 10.6 Å². The average molecular weight is 876 g/mol. The molecule has 16 heteroatoms. The number of benzene rings is 4. The number of hydrogen-bond acceptors (Lipinski definition) is 9. The topological polar surface area (TPSA) is 116 Å². The molecule has 1 fully saturated rings. The van der Waals surface area contributed by atoms with Crippen molar-refractivity contribution in [2.45, 2.75) is 66.3 Å². The van der Waals surface area contributed by atoms with Crippen LogP contribution in [0.1, 0.15) is 56.0 Å². The molecule has 0 radical (unpaired) electrons. The summed E-state index contributed by atoms with van der Waals surface area (Å²) < 4.78 is 95.3. The minimum absolute atomic E-state index is 0.00120. The summed E-state index contributed by atoms with van der Waals surface area (Å²) in [6.45, 7) is 10.3. The first-order valence-electron chi connectivity index (χ1n) is 18.8. The van der Waals surface area contributed by atoms with Gasteiger partial charge in [-0.1, -0.05) is 61.4 Å². The fourth-order valence-corrected chi connectivity index (χ4v) is 10.3. The van der Waals surface area contributed by atoms with Gasteiger partial charge in [-0.3, -0.25) is 9.69 Å². The molecule has 1 saturated heterocycles. The molecule has 1 unspecified atom stereocenters. The Kier molecular flexibility index (Phi) is 13.3. The molecule has 4 aromatic rings. The normalized spacial score (nSPS) is 17.2. The summed E-state index contributed by atoms with van der Waals surface area (Å²) in [4.78, 5) is 16.6. The molecule has 9 nitrogen and oxygen atoms in total. The van der Waals surface area contributed by atoms with E-state index in [1.165, 1.54) is 40.6 Å². The van der Waals surface area contributed by atoms with Crippen LogP contribution in [0.2, 0.25) is 5.02 Å². The van der Waals surface area contributed by atoms with Gasteiger partial charge >= 0.3 is 5.51 Å². The molecule has 0 spiro atoms. The van der Waals surface area contributed by atoms with Crippen molar-refractivity contribution in [1.82, 2.24) is 9.62 Å². The Morgan fingerprint density at radius 1 is 0.897 bits per heavy atom. The summed E-state index contributed by atoms with van der Waals surface area (Å²) in [5, 5.41) is 3.49. The van der Waals surface area contributed by atoms with E-state index in [0.29, 0.717) is 16.8 Å². The molecule has 58 heavy (non-hydrogen) atoms. The average Bonchev–Trinajstić information content (AvgIpc) is 3.17. The summed E-state index contributed by atoms with van der Waals surface area (Å²) in [7, 11) is -10.8. The predicted molar refractivity (Wildman–Crippen MR) is 226 cm³/mol. The lowest BCUT2D eigenvalue weighted by Gasteiger charge is -2.39. The second-order valence-electron chi connectivity index (χ2n) is 15.5. The van der Waals surface area contributed by atoms with Gasteiger partial charge in [0, 0.05) is 65.7 Å². The molecule has 1 atom stereocenters. The zero-order valence-corrected chi connectivity index (χ0v) is 35.6. The van der Waals surface area contributed by atoms with E-state index in [2.05, 4.69) is 41.1 Å². The zero-order valence-electron chi connectivity index (χ0n) is 32.4. The molecule has 0 aromatic heterocycles. The first kappa shape index (κ1) is 43.6. The van der Waals surface area contributed by atoms with Crippen LogP contribution in [0.4, 0.5) is 24.5 Å². The van der Waals surface area contributed by atoms with Gasteiger partial charge in [-0.25, -0.2) is 21.6 Å². The number of nitrogens with zero attached hydrogens (tertiary/aromatic N) is 2. The maximum atomic E-state index is 13.8. The summed E-state index contributed by atoms with van der Waals surface area (Å²) in [6.07, 6.45) is 3.16. The van der Waals surface area contributed by atoms with Crippen molar-refractivity contribution in [3.05, 3.63) is 119 Å². The number of halogens is 4. The van der Waals surface area contributed by atoms with Gasteiger partial charge in [-0.15, -0.1) is 11.8 Å². The van der Waals surface area contributed by atoms with Gasteiger partial charge in [0.1, 0.15) is 4.90 Å². The number of alkyl halides is 3. The number of piperazine rings is 1. The Balaban J connectivity index is 1.10. The van der Waals surface area contributed by atoms with Gasteiger partial charge < -0.3 is 10.2 Å². The summed E-state index contributed by atoms with van der Waals surface area (Å²) in [6, 6.07) is 25.5. The number of carbonyl (C=O) groups excluding carboxylic acids is 1. The van der Waals surface area contributed by atoms with Crippen LogP contribution in [0, 0.1) is 5.41 Å². The van der Waals surface area contributed by atoms with Crippen LogP contribution in [0.25, 0.3) is 5.57 Å². The van der Waals surface area contributed by atoms with Gasteiger partial charge in [0.25, 0.3) is 25.8 Å². The largest absolute Gasteiger partial charge is 0.501 e. The number of carbonyl (C=O) groups is 1. The van der Waals surface area contributed by atoms with Crippen molar-refractivity contribution < 1.29 is 34.8 Å². The maximum Gasteiger partial charge on any atom is 0.501 e.